The lowest BCUT2D eigenvalue weighted by atomic mass is 9.89. The number of phenolic OH excluding ortho intramolecular Hbond substituents is 2. The highest BCUT2D eigenvalue weighted by molar-refractivity contribution is 5.63. The largest absolute Gasteiger partial charge is 0.508 e. The number of aromatic hydroxyl groups is 2. The number of methoxy groups -OCH3 is 1. The predicted molar refractivity (Wildman–Crippen MR) is 128 cm³/mol. The van der Waals surface area contributed by atoms with Gasteiger partial charge in [-0.15, -0.1) is 0 Å². The summed E-state index contributed by atoms with van der Waals surface area (Å²) in [7, 11) is 1.55. The van der Waals surface area contributed by atoms with Crippen molar-refractivity contribution in [2.24, 2.45) is 5.73 Å². The first-order valence-electron chi connectivity index (χ1n) is 10.4. The fourth-order valence-corrected chi connectivity index (χ4v) is 3.44. The van der Waals surface area contributed by atoms with Crippen molar-refractivity contribution in [2.75, 3.05) is 17.7 Å². The van der Waals surface area contributed by atoms with Crippen molar-refractivity contribution in [2.45, 2.75) is 12.5 Å². The topological polar surface area (TPSA) is 126 Å². The minimum absolute atomic E-state index is 0.0136. The predicted octanol–water partition coefficient (Wildman–Crippen LogP) is 4.74. The Morgan fingerprint density at radius 3 is 2.03 bits per heavy atom. The summed E-state index contributed by atoms with van der Waals surface area (Å²) in [5, 5.41) is 25.4. The van der Waals surface area contributed by atoms with Crippen molar-refractivity contribution in [1.29, 1.82) is 0 Å². The van der Waals surface area contributed by atoms with Crippen LogP contribution in [0.15, 0.2) is 72.8 Å². The number of rotatable bonds is 7. The van der Waals surface area contributed by atoms with Crippen LogP contribution in [0, 0.1) is 5.82 Å². The van der Waals surface area contributed by atoms with Gasteiger partial charge in [0.05, 0.1) is 12.6 Å². The quantitative estimate of drug-likeness (QED) is 0.267. The summed E-state index contributed by atoms with van der Waals surface area (Å²) in [6, 6.07) is 19.5. The maximum absolute atomic E-state index is 15.7. The molecule has 0 aliphatic heterocycles. The van der Waals surface area contributed by atoms with E-state index < -0.39 is 11.4 Å². The molecule has 0 spiro atoms. The fourth-order valence-electron chi connectivity index (χ4n) is 3.44. The lowest BCUT2D eigenvalue weighted by Crippen LogP contribution is -2.37. The zero-order valence-corrected chi connectivity index (χ0v) is 18.6. The Kier molecular flexibility index (Phi) is 6.20. The van der Waals surface area contributed by atoms with Gasteiger partial charge in [0, 0.05) is 23.5 Å². The van der Waals surface area contributed by atoms with Crippen LogP contribution in [0.4, 0.5) is 27.5 Å². The average molecular weight is 461 g/mol. The summed E-state index contributed by atoms with van der Waals surface area (Å²) >= 11 is 0. The molecule has 0 bridgehead atoms. The minimum Gasteiger partial charge on any atom is -0.508 e. The molecule has 0 aliphatic rings. The Labute approximate surface area is 195 Å². The van der Waals surface area contributed by atoms with Crippen LogP contribution in [0.3, 0.4) is 0 Å². The number of anilines is 4. The molecule has 6 N–H and O–H groups in total. The molecule has 8 nitrogen and oxygen atoms in total. The highest BCUT2D eigenvalue weighted by Crippen LogP contribution is 2.33. The van der Waals surface area contributed by atoms with Crippen LogP contribution in [-0.4, -0.2) is 27.3 Å². The fraction of sp³-hybridized carbons (Fsp3) is 0.120. The van der Waals surface area contributed by atoms with E-state index in [4.69, 9.17) is 10.5 Å². The van der Waals surface area contributed by atoms with Crippen molar-refractivity contribution >= 4 is 23.1 Å². The third-order valence-corrected chi connectivity index (χ3v) is 5.24. The number of hydrogen-bond donors (Lipinski definition) is 5. The lowest BCUT2D eigenvalue weighted by molar-refractivity contribution is 0.414. The molecular formula is C25H24FN5O3. The molecule has 0 radical (unpaired) electrons. The van der Waals surface area contributed by atoms with Gasteiger partial charge >= 0.3 is 0 Å². The first-order chi connectivity index (χ1) is 16.3. The molecule has 4 rings (SSSR count). The smallest absolute Gasteiger partial charge is 0.229 e. The van der Waals surface area contributed by atoms with E-state index in [2.05, 4.69) is 20.6 Å². The van der Waals surface area contributed by atoms with E-state index in [1.54, 1.807) is 62.6 Å². The van der Waals surface area contributed by atoms with Gasteiger partial charge in [0.1, 0.15) is 22.9 Å². The van der Waals surface area contributed by atoms with Gasteiger partial charge in [-0.05, 0) is 48.9 Å². The Morgan fingerprint density at radius 2 is 1.47 bits per heavy atom. The monoisotopic (exact) mass is 461 g/mol. The van der Waals surface area contributed by atoms with Crippen molar-refractivity contribution in [3.8, 4) is 17.2 Å². The number of aromatic nitrogens is 2. The highest BCUT2D eigenvalue weighted by atomic mass is 19.1. The van der Waals surface area contributed by atoms with Gasteiger partial charge in [0.25, 0.3) is 0 Å². The number of nitrogens with two attached hydrogens (primary N) is 1. The highest BCUT2D eigenvalue weighted by Gasteiger charge is 2.32. The van der Waals surface area contributed by atoms with E-state index in [9.17, 15) is 10.2 Å². The van der Waals surface area contributed by atoms with E-state index >= 15 is 4.39 Å². The van der Waals surface area contributed by atoms with Gasteiger partial charge in [-0.1, -0.05) is 24.3 Å². The molecule has 34 heavy (non-hydrogen) atoms. The Morgan fingerprint density at radius 1 is 0.882 bits per heavy atom. The second-order valence-corrected chi connectivity index (χ2v) is 7.84. The van der Waals surface area contributed by atoms with E-state index in [1.807, 2.05) is 0 Å². The van der Waals surface area contributed by atoms with Gasteiger partial charge in [-0.2, -0.15) is 4.98 Å². The number of halogens is 1. The van der Waals surface area contributed by atoms with Gasteiger partial charge in [0.2, 0.25) is 5.95 Å². The maximum atomic E-state index is 15.7. The first-order valence-corrected chi connectivity index (χ1v) is 10.4. The van der Waals surface area contributed by atoms with Crippen molar-refractivity contribution in [1.82, 2.24) is 9.97 Å². The molecule has 9 heteroatoms. The summed E-state index contributed by atoms with van der Waals surface area (Å²) in [6.07, 6.45) is 0. The third kappa shape index (κ3) is 4.84. The molecule has 4 aromatic rings. The summed E-state index contributed by atoms with van der Waals surface area (Å²) in [4.78, 5) is 8.65. The zero-order chi connectivity index (χ0) is 24.3. The summed E-state index contributed by atoms with van der Waals surface area (Å²) in [5.41, 5.74) is 6.77. The molecule has 174 valence electrons. The van der Waals surface area contributed by atoms with Crippen LogP contribution in [0.25, 0.3) is 0 Å². The van der Waals surface area contributed by atoms with E-state index in [1.165, 1.54) is 24.3 Å². The normalized spacial score (nSPS) is 12.6. The number of nitrogens with one attached hydrogen (secondary N) is 2. The zero-order valence-electron chi connectivity index (χ0n) is 18.6. The number of benzene rings is 3. The number of ether oxygens (including phenoxy) is 1. The molecule has 0 aliphatic carbocycles. The molecule has 1 atom stereocenters. The molecule has 1 aromatic heterocycles. The lowest BCUT2D eigenvalue weighted by Gasteiger charge is -2.26. The first kappa shape index (κ1) is 22.8. The van der Waals surface area contributed by atoms with Crippen molar-refractivity contribution < 1.29 is 19.3 Å². The Balaban J connectivity index is 1.81. The summed E-state index contributed by atoms with van der Waals surface area (Å²) in [5.74, 6) is -0.115. The second kappa shape index (κ2) is 9.24. The maximum Gasteiger partial charge on any atom is 0.229 e. The number of phenols is 2. The standard InChI is InChI=1S/C25H24FN5O3/c1-25(27,15-9-11-20(34-2)12-10-15)22-21(26)23(28-16-5-3-7-18(32)13-16)31-24(30-22)29-17-6-4-8-19(33)14-17/h3-14,32-33H,27H2,1-2H3,(H2,28,29,30,31). The van der Waals surface area contributed by atoms with Crippen molar-refractivity contribution in [3.05, 3.63) is 89.9 Å². The minimum atomic E-state index is -1.33. The van der Waals surface area contributed by atoms with Gasteiger partial charge in [0.15, 0.2) is 11.6 Å². The summed E-state index contributed by atoms with van der Waals surface area (Å²) < 4.78 is 20.9. The van der Waals surface area contributed by atoms with Crippen LogP contribution in [-0.2, 0) is 5.54 Å². The Bertz CT molecular complexity index is 1310. The van der Waals surface area contributed by atoms with Gasteiger partial charge in [-0.25, -0.2) is 9.37 Å². The second-order valence-electron chi connectivity index (χ2n) is 7.84. The van der Waals surface area contributed by atoms with Gasteiger partial charge < -0.3 is 31.3 Å². The molecule has 1 heterocycles. The molecule has 3 aromatic carbocycles. The van der Waals surface area contributed by atoms with Crippen LogP contribution >= 0.6 is 0 Å². The molecular weight excluding hydrogens is 437 g/mol. The van der Waals surface area contributed by atoms with E-state index in [-0.39, 0.29) is 29.0 Å². The number of hydrogen-bond acceptors (Lipinski definition) is 8. The van der Waals surface area contributed by atoms with E-state index in [0.29, 0.717) is 22.7 Å². The summed E-state index contributed by atoms with van der Waals surface area (Å²) in [6.45, 7) is 1.65. The van der Waals surface area contributed by atoms with Crippen LogP contribution in [0.5, 0.6) is 17.2 Å². The van der Waals surface area contributed by atoms with Crippen LogP contribution in [0.2, 0.25) is 0 Å². The average Bonchev–Trinajstić information content (AvgIpc) is 2.81. The van der Waals surface area contributed by atoms with E-state index in [0.717, 1.165) is 0 Å². The Hall–Kier alpha value is -4.37. The molecule has 0 amide bonds. The third-order valence-electron chi connectivity index (χ3n) is 5.24. The van der Waals surface area contributed by atoms with Crippen LogP contribution in [0.1, 0.15) is 18.2 Å². The van der Waals surface area contributed by atoms with Crippen LogP contribution < -0.4 is 21.1 Å². The molecule has 0 fully saturated rings. The van der Waals surface area contributed by atoms with Crippen molar-refractivity contribution in [3.63, 3.8) is 0 Å². The molecule has 0 saturated heterocycles. The molecule has 0 saturated carbocycles. The number of nitrogens with zero attached hydrogens (tertiary/aromatic N) is 2. The van der Waals surface area contributed by atoms with Gasteiger partial charge in [-0.3, -0.25) is 0 Å². The molecule has 1 unspecified atom stereocenters. The SMILES string of the molecule is COc1ccc(C(C)(N)c2nc(Nc3cccc(O)c3)nc(Nc3cccc(O)c3)c2F)cc1.